The van der Waals surface area contributed by atoms with Crippen LogP contribution in [0.15, 0.2) is 72.8 Å². The van der Waals surface area contributed by atoms with E-state index in [1.54, 1.807) is 14.2 Å². The summed E-state index contributed by atoms with van der Waals surface area (Å²) in [6, 6.07) is 26.7. The van der Waals surface area contributed by atoms with Crippen molar-refractivity contribution < 1.29 is 9.47 Å². The second-order valence-corrected chi connectivity index (χ2v) is 12.2. The highest BCUT2D eigenvalue weighted by molar-refractivity contribution is 5.86. The summed E-state index contributed by atoms with van der Waals surface area (Å²) in [5.74, 6) is 1.77. The number of benzene rings is 4. The first kappa shape index (κ1) is 25.1. The van der Waals surface area contributed by atoms with Crippen molar-refractivity contribution in [3.63, 3.8) is 0 Å². The Morgan fingerprint density at radius 2 is 0.838 bits per heavy atom. The van der Waals surface area contributed by atoms with Crippen molar-refractivity contribution in [2.75, 3.05) is 14.2 Å². The van der Waals surface area contributed by atoms with Crippen LogP contribution in [0.5, 0.6) is 11.5 Å². The Balaban J connectivity index is 1.68. The van der Waals surface area contributed by atoms with Gasteiger partial charge >= 0.3 is 0 Å². The van der Waals surface area contributed by atoms with Crippen LogP contribution < -0.4 is 9.47 Å². The van der Waals surface area contributed by atoms with Crippen molar-refractivity contribution in [2.24, 2.45) is 0 Å². The molecule has 0 heterocycles. The van der Waals surface area contributed by atoms with Gasteiger partial charge < -0.3 is 9.47 Å². The van der Waals surface area contributed by atoms with E-state index in [0.717, 1.165) is 17.9 Å². The second-order valence-electron chi connectivity index (χ2n) is 12.2. The Morgan fingerprint density at radius 1 is 0.486 bits per heavy atom. The zero-order valence-corrected chi connectivity index (χ0v) is 23.5. The molecule has 2 heteroatoms. The number of fused-ring (bicyclic) bond motifs is 3. The Labute approximate surface area is 222 Å². The van der Waals surface area contributed by atoms with E-state index in [1.165, 1.54) is 55.6 Å². The molecule has 4 aromatic rings. The van der Waals surface area contributed by atoms with Gasteiger partial charge in [0.1, 0.15) is 11.5 Å². The van der Waals surface area contributed by atoms with Gasteiger partial charge in [0, 0.05) is 0 Å². The molecule has 0 saturated carbocycles. The predicted octanol–water partition coefficient (Wildman–Crippen LogP) is 9.20. The summed E-state index contributed by atoms with van der Waals surface area (Å²) in [6.07, 6.45) is 0.950. The summed E-state index contributed by atoms with van der Waals surface area (Å²) in [6.45, 7) is 13.9. The van der Waals surface area contributed by atoms with E-state index in [4.69, 9.17) is 9.47 Å². The molecule has 1 aliphatic carbocycles. The summed E-state index contributed by atoms with van der Waals surface area (Å²) < 4.78 is 10.8. The molecule has 0 saturated heterocycles. The van der Waals surface area contributed by atoms with Crippen LogP contribution in [0.3, 0.4) is 0 Å². The van der Waals surface area contributed by atoms with Gasteiger partial charge in [0.25, 0.3) is 0 Å². The molecular formula is C35H38O2. The molecule has 0 amide bonds. The number of hydrogen-bond acceptors (Lipinski definition) is 2. The van der Waals surface area contributed by atoms with Crippen LogP contribution in [0, 0.1) is 0 Å². The molecule has 0 bridgehead atoms. The molecule has 0 atom stereocenters. The minimum atomic E-state index is 0.0168. The Bertz CT molecular complexity index is 1330. The van der Waals surface area contributed by atoms with Gasteiger partial charge in [-0.15, -0.1) is 0 Å². The number of rotatable bonds is 4. The minimum absolute atomic E-state index is 0.0168. The lowest BCUT2D eigenvalue weighted by Crippen LogP contribution is -2.14. The number of methoxy groups -OCH3 is 2. The fourth-order valence-corrected chi connectivity index (χ4v) is 5.55. The predicted molar refractivity (Wildman–Crippen MR) is 156 cm³/mol. The van der Waals surface area contributed by atoms with Crippen molar-refractivity contribution in [1.82, 2.24) is 0 Å². The summed E-state index contributed by atoms with van der Waals surface area (Å²) in [5.41, 5.74) is 13.4. The normalized spacial score (nSPS) is 12.8. The third kappa shape index (κ3) is 4.66. The molecule has 37 heavy (non-hydrogen) atoms. The molecule has 0 radical (unpaired) electrons. The lowest BCUT2D eigenvalue weighted by Gasteiger charge is -2.26. The highest BCUT2D eigenvalue weighted by Gasteiger charge is 2.29. The van der Waals surface area contributed by atoms with Gasteiger partial charge in [-0.1, -0.05) is 65.8 Å². The highest BCUT2D eigenvalue weighted by Crippen LogP contribution is 2.47. The van der Waals surface area contributed by atoms with E-state index < -0.39 is 0 Å². The average molecular weight is 491 g/mol. The third-order valence-electron chi connectivity index (χ3n) is 7.58. The van der Waals surface area contributed by atoms with Crippen molar-refractivity contribution >= 4 is 0 Å². The van der Waals surface area contributed by atoms with Gasteiger partial charge in [-0.2, -0.15) is 0 Å². The van der Waals surface area contributed by atoms with E-state index in [0.29, 0.717) is 0 Å². The van der Waals surface area contributed by atoms with Gasteiger partial charge in [0.05, 0.1) is 14.2 Å². The van der Waals surface area contributed by atoms with E-state index in [1.807, 2.05) is 0 Å². The first-order valence-electron chi connectivity index (χ1n) is 13.1. The number of hydrogen-bond donors (Lipinski definition) is 0. The first-order valence-corrected chi connectivity index (χ1v) is 13.1. The molecule has 0 spiro atoms. The van der Waals surface area contributed by atoms with E-state index in [-0.39, 0.29) is 10.8 Å². The standard InChI is InChI=1S/C35H38O2/c1-34(2,3)32-20-28-24(18-30(32)22-9-13-26(36-7)14-10-22)17-25-19-31(23-11-15-27(37-8)16-12-23)33(21-29(25)28)35(4,5)6/h9-16,18-21H,17H2,1-8H3. The van der Waals surface area contributed by atoms with Crippen LogP contribution in [0.4, 0.5) is 0 Å². The Morgan fingerprint density at radius 3 is 1.14 bits per heavy atom. The van der Waals surface area contributed by atoms with Crippen molar-refractivity contribution in [3.05, 3.63) is 95.1 Å². The maximum absolute atomic E-state index is 5.41. The lowest BCUT2D eigenvalue weighted by molar-refractivity contribution is 0.415. The van der Waals surface area contributed by atoms with Crippen molar-refractivity contribution in [1.29, 1.82) is 0 Å². The van der Waals surface area contributed by atoms with Gasteiger partial charge in [0.2, 0.25) is 0 Å². The topological polar surface area (TPSA) is 18.5 Å². The molecule has 0 N–H and O–H groups in total. The molecule has 2 nitrogen and oxygen atoms in total. The van der Waals surface area contributed by atoms with Crippen molar-refractivity contribution in [2.45, 2.75) is 58.8 Å². The van der Waals surface area contributed by atoms with Crippen LogP contribution in [-0.4, -0.2) is 14.2 Å². The van der Waals surface area contributed by atoms with Crippen LogP contribution in [0.25, 0.3) is 33.4 Å². The maximum atomic E-state index is 5.41. The van der Waals surface area contributed by atoms with Crippen LogP contribution in [0.2, 0.25) is 0 Å². The number of ether oxygens (including phenoxy) is 2. The molecule has 5 rings (SSSR count). The molecular weight excluding hydrogens is 452 g/mol. The SMILES string of the molecule is COc1ccc(-c2cc3c(cc2C(C)(C)C)-c2cc(C(C)(C)C)c(-c4ccc(OC)cc4)cc2C3)cc1. The fourth-order valence-electron chi connectivity index (χ4n) is 5.55. The smallest absolute Gasteiger partial charge is 0.118 e. The van der Waals surface area contributed by atoms with Gasteiger partial charge in [-0.25, -0.2) is 0 Å². The van der Waals surface area contributed by atoms with Gasteiger partial charge in [0.15, 0.2) is 0 Å². The van der Waals surface area contributed by atoms with E-state index in [9.17, 15) is 0 Å². The quantitative estimate of drug-likeness (QED) is 0.250. The van der Waals surface area contributed by atoms with Gasteiger partial charge in [-0.05, 0) is 121 Å². The minimum Gasteiger partial charge on any atom is -0.497 e. The third-order valence-corrected chi connectivity index (χ3v) is 7.58. The molecule has 0 fully saturated rings. The Hall–Kier alpha value is -3.52. The lowest BCUT2D eigenvalue weighted by atomic mass is 9.78. The zero-order valence-electron chi connectivity index (χ0n) is 23.5. The molecule has 0 aromatic heterocycles. The fraction of sp³-hybridized carbons (Fsp3) is 0.314. The summed E-state index contributed by atoms with van der Waals surface area (Å²) in [5, 5.41) is 0. The molecule has 0 unspecified atom stereocenters. The van der Waals surface area contributed by atoms with E-state index in [2.05, 4.69) is 114 Å². The average Bonchev–Trinajstić information content (AvgIpc) is 3.23. The van der Waals surface area contributed by atoms with Gasteiger partial charge in [-0.3, -0.25) is 0 Å². The molecule has 1 aliphatic rings. The largest absolute Gasteiger partial charge is 0.497 e. The zero-order chi connectivity index (χ0) is 26.5. The summed E-state index contributed by atoms with van der Waals surface area (Å²) >= 11 is 0. The highest BCUT2D eigenvalue weighted by atomic mass is 16.5. The van der Waals surface area contributed by atoms with Crippen molar-refractivity contribution in [3.8, 4) is 44.9 Å². The van der Waals surface area contributed by atoms with Crippen LogP contribution in [-0.2, 0) is 17.3 Å². The molecule has 190 valence electrons. The first-order chi connectivity index (χ1) is 17.5. The summed E-state index contributed by atoms with van der Waals surface area (Å²) in [4.78, 5) is 0. The van der Waals surface area contributed by atoms with Crippen LogP contribution in [0.1, 0.15) is 63.8 Å². The monoisotopic (exact) mass is 490 g/mol. The Kier molecular flexibility index (Phi) is 6.18. The van der Waals surface area contributed by atoms with E-state index >= 15 is 0 Å². The molecule has 4 aromatic carbocycles. The second kappa shape index (κ2) is 9.10. The van der Waals surface area contributed by atoms with Crippen LogP contribution >= 0.6 is 0 Å². The molecule has 0 aliphatic heterocycles. The summed E-state index contributed by atoms with van der Waals surface area (Å²) in [7, 11) is 3.43. The maximum Gasteiger partial charge on any atom is 0.118 e.